The maximum Gasteiger partial charge on any atom is 0.164 e. The molecule has 1 saturated carbocycles. The summed E-state index contributed by atoms with van der Waals surface area (Å²) in [5, 5.41) is 45.9. The summed E-state index contributed by atoms with van der Waals surface area (Å²) in [6.07, 6.45) is -1.30. The minimum Gasteiger partial charge on any atom is -0.394 e. The molecule has 39 heavy (non-hydrogen) atoms. The smallest absolute Gasteiger partial charge is 0.164 e. The summed E-state index contributed by atoms with van der Waals surface area (Å²) >= 11 is 12.1. The van der Waals surface area contributed by atoms with Crippen molar-refractivity contribution < 1.29 is 24.4 Å². The topological polar surface area (TPSA) is 131 Å². The molecule has 2 aliphatic rings. The van der Waals surface area contributed by atoms with E-state index in [-0.39, 0.29) is 5.02 Å². The van der Waals surface area contributed by atoms with Crippen molar-refractivity contribution in [3.05, 3.63) is 75.7 Å². The van der Waals surface area contributed by atoms with Crippen LogP contribution in [0.2, 0.25) is 10.0 Å². The lowest BCUT2D eigenvalue weighted by Gasteiger charge is -2.41. The molecule has 2 aromatic heterocycles. The molecule has 0 spiro atoms. The molecule has 0 bridgehead atoms. The molecule has 3 heterocycles. The first kappa shape index (κ1) is 26.3. The van der Waals surface area contributed by atoms with Gasteiger partial charge in [0.25, 0.3) is 0 Å². The number of aromatic nitrogens is 6. The van der Waals surface area contributed by atoms with Crippen LogP contribution in [0.15, 0.2) is 42.6 Å². The van der Waals surface area contributed by atoms with Gasteiger partial charge >= 0.3 is 0 Å². The number of aliphatic hydroxyl groups excluding tert-OH is 3. The first-order valence-corrected chi connectivity index (χ1v) is 13.2. The van der Waals surface area contributed by atoms with E-state index in [1.807, 2.05) is 12.1 Å². The Hall–Kier alpha value is -2.93. The molecule has 5 atom stereocenters. The van der Waals surface area contributed by atoms with Gasteiger partial charge in [0.2, 0.25) is 0 Å². The number of ether oxygens (including phenoxy) is 1. The van der Waals surface area contributed by atoms with Crippen molar-refractivity contribution in [3.63, 3.8) is 0 Å². The fourth-order valence-electron chi connectivity index (χ4n) is 5.07. The van der Waals surface area contributed by atoms with Gasteiger partial charge in [-0.15, -0.1) is 5.10 Å². The Morgan fingerprint density at radius 1 is 1.10 bits per heavy atom. The van der Waals surface area contributed by atoms with Gasteiger partial charge in [-0.05, 0) is 55.5 Å². The maximum absolute atomic E-state index is 14.0. The van der Waals surface area contributed by atoms with Gasteiger partial charge in [0, 0.05) is 10.6 Å². The average Bonchev–Trinajstić information content (AvgIpc) is 3.51. The van der Waals surface area contributed by atoms with E-state index in [1.165, 1.54) is 23.0 Å². The van der Waals surface area contributed by atoms with Crippen LogP contribution in [0.4, 0.5) is 4.39 Å². The van der Waals surface area contributed by atoms with E-state index in [9.17, 15) is 19.7 Å². The molecule has 204 valence electrons. The molecule has 13 heteroatoms. The average molecular weight is 575 g/mol. The zero-order valence-corrected chi connectivity index (χ0v) is 22.2. The van der Waals surface area contributed by atoms with E-state index >= 15 is 0 Å². The summed E-state index contributed by atoms with van der Waals surface area (Å²) in [6, 6.07) is 8.73. The van der Waals surface area contributed by atoms with Crippen molar-refractivity contribution in [3.8, 4) is 16.9 Å². The predicted molar refractivity (Wildman–Crippen MR) is 139 cm³/mol. The van der Waals surface area contributed by atoms with Crippen molar-refractivity contribution in [2.24, 2.45) is 0 Å². The van der Waals surface area contributed by atoms with E-state index in [4.69, 9.17) is 27.9 Å². The second kappa shape index (κ2) is 10.2. The predicted octanol–water partition coefficient (Wildman–Crippen LogP) is 3.55. The number of nitrogens with zero attached hydrogens (tertiary/aromatic N) is 6. The Morgan fingerprint density at radius 2 is 1.90 bits per heavy atom. The van der Waals surface area contributed by atoms with E-state index < -0.39 is 42.9 Å². The molecule has 2 fully saturated rings. The van der Waals surface area contributed by atoms with Crippen LogP contribution in [-0.4, -0.2) is 70.0 Å². The van der Waals surface area contributed by atoms with Gasteiger partial charge in [0.15, 0.2) is 5.82 Å². The second-order valence-electron chi connectivity index (χ2n) is 9.87. The molecule has 10 nitrogen and oxygen atoms in total. The van der Waals surface area contributed by atoms with Crippen LogP contribution in [-0.2, 0) is 4.74 Å². The van der Waals surface area contributed by atoms with Crippen molar-refractivity contribution in [2.75, 3.05) is 6.61 Å². The highest BCUT2D eigenvalue weighted by Gasteiger charge is 2.48. The normalized spacial score (nSPS) is 25.3. The molecule has 4 aromatic rings. The summed E-state index contributed by atoms with van der Waals surface area (Å²) in [4.78, 5) is 4.57. The minimum atomic E-state index is -1.37. The second-order valence-corrected chi connectivity index (χ2v) is 10.7. The maximum atomic E-state index is 14.0. The number of aliphatic hydroxyl groups is 3. The third kappa shape index (κ3) is 4.83. The van der Waals surface area contributed by atoms with Crippen LogP contribution >= 0.6 is 23.2 Å². The van der Waals surface area contributed by atoms with Crippen LogP contribution in [0.1, 0.15) is 48.1 Å². The van der Waals surface area contributed by atoms with Crippen LogP contribution < -0.4 is 0 Å². The zero-order chi connectivity index (χ0) is 27.4. The molecular formula is C26H25Cl2FN6O4. The Bertz CT molecular complexity index is 1530. The SMILES string of the molecule is Cc1nc([C@@H]2O[C@H](CO)[C@H](O)[C@H](n3cc(-c4ccc(Cl)c(F)c4)nn3)[C@H]2O)n(-c2cc(Cl)ccc2C2CC2)n1. The van der Waals surface area contributed by atoms with Gasteiger partial charge in [-0.1, -0.05) is 40.5 Å². The summed E-state index contributed by atoms with van der Waals surface area (Å²) in [7, 11) is 0. The van der Waals surface area contributed by atoms with Crippen LogP contribution in [0.5, 0.6) is 0 Å². The summed E-state index contributed by atoms with van der Waals surface area (Å²) < 4.78 is 22.9. The van der Waals surface area contributed by atoms with E-state index in [2.05, 4.69) is 20.4 Å². The molecule has 0 amide bonds. The largest absolute Gasteiger partial charge is 0.394 e. The zero-order valence-electron chi connectivity index (χ0n) is 20.7. The highest BCUT2D eigenvalue weighted by Crippen LogP contribution is 2.44. The highest BCUT2D eigenvalue weighted by molar-refractivity contribution is 6.31. The Morgan fingerprint density at radius 3 is 2.62 bits per heavy atom. The number of rotatable bonds is 6. The first-order chi connectivity index (χ1) is 18.7. The summed E-state index contributed by atoms with van der Waals surface area (Å²) in [6.45, 7) is 1.20. The summed E-state index contributed by atoms with van der Waals surface area (Å²) in [5.41, 5.74) is 2.51. The van der Waals surface area contributed by atoms with Gasteiger partial charge in [0.1, 0.15) is 47.8 Å². The van der Waals surface area contributed by atoms with Gasteiger partial charge < -0.3 is 20.1 Å². The molecule has 6 rings (SSSR count). The third-order valence-corrected chi connectivity index (χ3v) is 7.70. The number of hydrogen-bond acceptors (Lipinski definition) is 8. The van der Waals surface area contributed by atoms with Gasteiger partial charge in [-0.2, -0.15) is 5.10 Å². The minimum absolute atomic E-state index is 0.0287. The standard InChI is InChI=1S/C26H25Cl2FN6O4/c1-12-30-26(35(32-12)20-9-15(27)5-6-16(20)13-2-3-13)25-24(38)22(23(37)21(11-36)39-25)34-10-19(31-33-34)14-4-7-17(28)18(29)8-14/h4-10,13,21-25,36-38H,2-3,11H2,1H3/t21-,22+,23+,24-,25-/m1/s1. The van der Waals surface area contributed by atoms with Crippen molar-refractivity contribution in [2.45, 2.75) is 56.1 Å². The van der Waals surface area contributed by atoms with Gasteiger partial charge in [0.05, 0.1) is 23.5 Å². The number of hydrogen-bond donors (Lipinski definition) is 3. The third-order valence-electron chi connectivity index (χ3n) is 7.15. The quantitative estimate of drug-likeness (QED) is 0.318. The van der Waals surface area contributed by atoms with Crippen molar-refractivity contribution in [1.29, 1.82) is 0 Å². The Kier molecular flexibility index (Phi) is 6.90. The van der Waals surface area contributed by atoms with E-state index in [0.29, 0.717) is 33.8 Å². The van der Waals surface area contributed by atoms with E-state index in [1.54, 1.807) is 23.7 Å². The fraction of sp³-hybridized carbons (Fsp3) is 0.385. The summed E-state index contributed by atoms with van der Waals surface area (Å²) in [5.74, 6) is 0.493. The number of halogens is 3. The van der Waals surface area contributed by atoms with Crippen LogP contribution in [0.3, 0.4) is 0 Å². The van der Waals surface area contributed by atoms with Crippen molar-refractivity contribution in [1.82, 2.24) is 29.8 Å². The molecule has 0 unspecified atom stereocenters. The molecule has 2 aromatic carbocycles. The van der Waals surface area contributed by atoms with Gasteiger partial charge in [-0.3, -0.25) is 0 Å². The molecule has 1 saturated heterocycles. The van der Waals surface area contributed by atoms with E-state index in [0.717, 1.165) is 24.1 Å². The van der Waals surface area contributed by atoms with Crippen LogP contribution in [0, 0.1) is 12.7 Å². The number of aryl methyl sites for hydroxylation is 1. The highest BCUT2D eigenvalue weighted by atomic mass is 35.5. The number of benzene rings is 2. The fourth-order valence-corrected chi connectivity index (χ4v) is 5.35. The van der Waals surface area contributed by atoms with Gasteiger partial charge in [-0.25, -0.2) is 18.7 Å². The lowest BCUT2D eigenvalue weighted by atomic mass is 9.92. The molecule has 3 N–H and O–H groups in total. The lowest BCUT2D eigenvalue weighted by molar-refractivity contribution is -0.210. The molecule has 0 radical (unpaired) electrons. The van der Waals surface area contributed by atoms with Crippen LogP contribution in [0.25, 0.3) is 16.9 Å². The monoisotopic (exact) mass is 574 g/mol. The molecular weight excluding hydrogens is 550 g/mol. The molecule has 1 aliphatic heterocycles. The lowest BCUT2D eigenvalue weighted by Crippen LogP contribution is -2.53. The Balaban J connectivity index is 1.39. The van der Waals surface area contributed by atoms with Crippen molar-refractivity contribution >= 4 is 23.2 Å². The molecule has 1 aliphatic carbocycles. The first-order valence-electron chi connectivity index (χ1n) is 12.5. The Labute approximate surface area is 232 Å².